The molecule has 0 bridgehead atoms. The van der Waals surface area contributed by atoms with E-state index in [1.165, 1.54) is 0 Å². The summed E-state index contributed by atoms with van der Waals surface area (Å²) in [6.07, 6.45) is 3.32. The van der Waals surface area contributed by atoms with E-state index in [4.69, 9.17) is 11.6 Å². The van der Waals surface area contributed by atoms with E-state index in [1.54, 1.807) is 59.8 Å². The molecule has 1 amide bonds. The van der Waals surface area contributed by atoms with Crippen molar-refractivity contribution in [2.45, 2.75) is 63.1 Å². The van der Waals surface area contributed by atoms with Crippen LogP contribution in [0.25, 0.3) is 0 Å². The molecule has 0 spiro atoms. The second kappa shape index (κ2) is 10.8. The van der Waals surface area contributed by atoms with Crippen LogP contribution in [0.2, 0.25) is 5.02 Å². The summed E-state index contributed by atoms with van der Waals surface area (Å²) in [6.45, 7) is 4.12. The Kier molecular flexibility index (Phi) is 8.33. The summed E-state index contributed by atoms with van der Waals surface area (Å²) in [7, 11) is -3.73. The molecule has 2 unspecified atom stereocenters. The van der Waals surface area contributed by atoms with Gasteiger partial charge in [-0.05, 0) is 67.6 Å². The number of nitrogens with zero attached hydrogens (tertiary/aromatic N) is 1. The van der Waals surface area contributed by atoms with Crippen LogP contribution in [0.3, 0.4) is 0 Å². The molecule has 1 saturated carbocycles. The molecule has 0 saturated heterocycles. The van der Waals surface area contributed by atoms with Gasteiger partial charge in [0.25, 0.3) is 5.91 Å². The number of aliphatic hydroxyl groups is 1. The minimum atomic E-state index is -3.73. The number of sulfonamides is 1. The summed E-state index contributed by atoms with van der Waals surface area (Å²) in [5.41, 5.74) is 1.28. The number of hydrogen-bond acceptors (Lipinski definition) is 4. The molecular formula is C24H31ClN2O4S. The van der Waals surface area contributed by atoms with Crippen molar-refractivity contribution in [2.24, 2.45) is 5.92 Å². The molecule has 3 rings (SSSR count). The summed E-state index contributed by atoms with van der Waals surface area (Å²) < 4.78 is 28.8. The molecule has 0 radical (unpaired) electrons. The second-order valence-corrected chi connectivity index (χ2v) is 10.9. The molecule has 0 aromatic heterocycles. The molecule has 1 aliphatic carbocycles. The maximum atomic E-state index is 13.6. The minimum Gasteiger partial charge on any atom is -0.392 e. The van der Waals surface area contributed by atoms with Gasteiger partial charge < -0.3 is 10.4 Å². The zero-order valence-corrected chi connectivity index (χ0v) is 20.1. The fraction of sp³-hybridized carbons (Fsp3) is 0.458. The largest absolute Gasteiger partial charge is 0.392 e. The van der Waals surface area contributed by atoms with Gasteiger partial charge >= 0.3 is 0 Å². The number of aliphatic hydroxyl groups excluding tert-OH is 1. The molecule has 0 aliphatic heterocycles. The van der Waals surface area contributed by atoms with E-state index in [1.807, 2.05) is 0 Å². The lowest BCUT2D eigenvalue weighted by Crippen LogP contribution is -2.44. The van der Waals surface area contributed by atoms with Crippen molar-refractivity contribution in [3.63, 3.8) is 0 Å². The molecule has 0 heterocycles. The maximum Gasteiger partial charge on any atom is 0.251 e. The zero-order valence-electron chi connectivity index (χ0n) is 18.5. The fourth-order valence-electron chi connectivity index (χ4n) is 4.13. The third-order valence-electron chi connectivity index (χ3n) is 5.97. The average Bonchev–Trinajstić information content (AvgIpc) is 2.77. The molecule has 174 valence electrons. The molecule has 2 aromatic carbocycles. The Hall–Kier alpha value is -1.93. The van der Waals surface area contributed by atoms with Crippen LogP contribution in [0.4, 0.5) is 0 Å². The smallest absolute Gasteiger partial charge is 0.251 e. The molecule has 1 aliphatic rings. The van der Waals surface area contributed by atoms with Crippen LogP contribution < -0.4 is 5.32 Å². The van der Waals surface area contributed by atoms with Crippen molar-refractivity contribution in [1.29, 1.82) is 0 Å². The zero-order chi connectivity index (χ0) is 23.3. The third kappa shape index (κ3) is 6.10. The van der Waals surface area contributed by atoms with Crippen molar-refractivity contribution in [3.8, 4) is 0 Å². The van der Waals surface area contributed by atoms with Gasteiger partial charge in [-0.1, -0.05) is 43.5 Å². The van der Waals surface area contributed by atoms with Crippen molar-refractivity contribution in [3.05, 3.63) is 64.7 Å². The van der Waals surface area contributed by atoms with Gasteiger partial charge in [0.1, 0.15) is 0 Å². The predicted octanol–water partition coefficient (Wildman–Crippen LogP) is 4.22. The van der Waals surface area contributed by atoms with Crippen molar-refractivity contribution in [1.82, 2.24) is 9.62 Å². The summed E-state index contributed by atoms with van der Waals surface area (Å²) in [6, 6.07) is 13.1. The number of benzene rings is 2. The Balaban J connectivity index is 1.86. The molecule has 2 aromatic rings. The summed E-state index contributed by atoms with van der Waals surface area (Å²) >= 11 is 5.97. The maximum absolute atomic E-state index is 13.6. The van der Waals surface area contributed by atoms with E-state index in [0.29, 0.717) is 10.6 Å². The van der Waals surface area contributed by atoms with Crippen molar-refractivity contribution >= 4 is 27.5 Å². The van der Waals surface area contributed by atoms with Crippen molar-refractivity contribution in [2.75, 3.05) is 6.54 Å². The lowest BCUT2D eigenvalue weighted by molar-refractivity contribution is 0.0924. The standard InChI is InChI=1S/C24H31ClN2O4S/c1-17-5-3-4-6-23(17)27(32(30,31)22-13-11-21(25)12-14-22)16-19-7-9-20(10-8-19)24(29)26-15-18(2)28/h7-14,17-18,23,28H,3-6,15-16H2,1-2H3,(H,26,29)/t17?,18-,23?/m1/s1. The molecular weight excluding hydrogens is 448 g/mol. The number of amides is 1. The topological polar surface area (TPSA) is 86.7 Å². The van der Waals surface area contributed by atoms with E-state index < -0.39 is 16.1 Å². The van der Waals surface area contributed by atoms with Crippen LogP contribution in [-0.2, 0) is 16.6 Å². The van der Waals surface area contributed by atoms with Crippen LogP contribution >= 0.6 is 11.6 Å². The first kappa shape index (κ1) is 24.7. The van der Waals surface area contributed by atoms with Crippen LogP contribution in [-0.4, -0.2) is 42.4 Å². The van der Waals surface area contributed by atoms with Gasteiger partial charge in [0.2, 0.25) is 10.0 Å². The first-order valence-electron chi connectivity index (χ1n) is 11.0. The van der Waals surface area contributed by atoms with E-state index >= 15 is 0 Å². The lowest BCUT2D eigenvalue weighted by Gasteiger charge is -2.37. The quantitative estimate of drug-likeness (QED) is 0.594. The number of carbonyl (C=O) groups excluding carboxylic acids is 1. The Bertz CT molecular complexity index is 1010. The minimum absolute atomic E-state index is 0.0848. The third-order valence-corrected chi connectivity index (χ3v) is 8.11. The van der Waals surface area contributed by atoms with Gasteiger partial charge in [-0.3, -0.25) is 4.79 Å². The summed E-state index contributed by atoms with van der Waals surface area (Å²) in [5.74, 6) is -0.0136. The monoisotopic (exact) mass is 478 g/mol. The molecule has 32 heavy (non-hydrogen) atoms. The van der Waals surface area contributed by atoms with E-state index in [-0.39, 0.29) is 35.9 Å². The first-order valence-corrected chi connectivity index (χ1v) is 12.8. The SMILES string of the molecule is CC1CCCCC1N(Cc1ccc(C(=O)NC[C@@H](C)O)cc1)S(=O)(=O)c1ccc(Cl)cc1. The van der Waals surface area contributed by atoms with E-state index in [0.717, 1.165) is 31.2 Å². The Morgan fingerprint density at radius 3 is 2.34 bits per heavy atom. The number of rotatable bonds is 8. The Morgan fingerprint density at radius 1 is 1.12 bits per heavy atom. The second-order valence-electron chi connectivity index (χ2n) is 8.59. The summed E-state index contributed by atoms with van der Waals surface area (Å²) in [4.78, 5) is 12.4. The Labute approximate surface area is 195 Å². The van der Waals surface area contributed by atoms with Crippen LogP contribution in [0, 0.1) is 5.92 Å². The summed E-state index contributed by atoms with van der Waals surface area (Å²) in [5, 5.41) is 12.5. The van der Waals surface area contributed by atoms with E-state index in [2.05, 4.69) is 12.2 Å². The van der Waals surface area contributed by atoms with Crippen LogP contribution in [0.15, 0.2) is 53.4 Å². The van der Waals surface area contributed by atoms with E-state index in [9.17, 15) is 18.3 Å². The highest BCUT2D eigenvalue weighted by Gasteiger charge is 2.36. The van der Waals surface area contributed by atoms with Crippen LogP contribution in [0.1, 0.15) is 55.5 Å². The average molecular weight is 479 g/mol. The number of hydrogen-bond donors (Lipinski definition) is 2. The van der Waals surface area contributed by atoms with Gasteiger partial charge in [-0.2, -0.15) is 4.31 Å². The number of halogens is 1. The highest BCUT2D eigenvalue weighted by molar-refractivity contribution is 7.89. The molecule has 8 heteroatoms. The lowest BCUT2D eigenvalue weighted by atomic mass is 9.86. The molecule has 3 atom stereocenters. The predicted molar refractivity (Wildman–Crippen MR) is 126 cm³/mol. The first-order chi connectivity index (χ1) is 15.2. The van der Waals surface area contributed by atoms with Gasteiger partial charge in [0.05, 0.1) is 11.0 Å². The molecule has 2 N–H and O–H groups in total. The van der Waals surface area contributed by atoms with Crippen molar-refractivity contribution < 1.29 is 18.3 Å². The van der Waals surface area contributed by atoms with Crippen LogP contribution in [0.5, 0.6) is 0 Å². The Morgan fingerprint density at radius 2 is 1.75 bits per heavy atom. The highest BCUT2D eigenvalue weighted by atomic mass is 35.5. The van der Waals surface area contributed by atoms with Gasteiger partial charge in [-0.25, -0.2) is 8.42 Å². The number of nitrogens with one attached hydrogen (secondary N) is 1. The molecule has 6 nitrogen and oxygen atoms in total. The van der Waals surface area contributed by atoms with Gasteiger partial charge in [0.15, 0.2) is 0 Å². The van der Waals surface area contributed by atoms with Gasteiger partial charge in [0, 0.05) is 29.7 Å². The fourth-order valence-corrected chi connectivity index (χ4v) is 6.00. The number of carbonyl (C=O) groups is 1. The highest BCUT2D eigenvalue weighted by Crippen LogP contribution is 2.33. The normalized spacial score (nSPS) is 20.2. The molecule has 1 fully saturated rings. The van der Waals surface area contributed by atoms with Gasteiger partial charge in [-0.15, -0.1) is 0 Å².